The van der Waals surface area contributed by atoms with Crippen LogP contribution in [0.1, 0.15) is 11.3 Å². The number of rotatable bonds is 5. The van der Waals surface area contributed by atoms with Gasteiger partial charge >= 0.3 is 0 Å². The number of nitrogens with zero attached hydrogens (tertiary/aromatic N) is 4. The van der Waals surface area contributed by atoms with Gasteiger partial charge in [-0.1, -0.05) is 78.9 Å². The van der Waals surface area contributed by atoms with E-state index in [1.807, 2.05) is 70.9 Å². The van der Waals surface area contributed by atoms with Gasteiger partial charge in [0.15, 0.2) is 0 Å². The quantitative estimate of drug-likeness (QED) is 0.394. The lowest BCUT2D eigenvalue weighted by molar-refractivity contribution is 0.675. The number of para-hydroxylation sites is 1. The minimum absolute atomic E-state index is 0.687. The van der Waals surface area contributed by atoms with E-state index < -0.39 is 0 Å². The van der Waals surface area contributed by atoms with E-state index in [1.54, 1.807) is 0 Å². The molecule has 2 aromatic heterocycles. The van der Waals surface area contributed by atoms with Gasteiger partial charge in [-0.05, 0) is 30.7 Å². The second kappa shape index (κ2) is 7.84. The van der Waals surface area contributed by atoms with Crippen molar-refractivity contribution in [2.24, 2.45) is 0 Å². The maximum absolute atomic E-state index is 4.94. The highest BCUT2D eigenvalue weighted by atomic mass is 15.3. The summed E-state index contributed by atoms with van der Waals surface area (Å²) in [6.45, 7) is 2.70. The molecule has 0 saturated heterocycles. The van der Waals surface area contributed by atoms with Crippen molar-refractivity contribution in [3.63, 3.8) is 0 Å². The average Bonchev–Trinajstić information content (AvgIpc) is 3.39. The molecule has 0 amide bonds. The molecule has 30 heavy (non-hydrogen) atoms. The molecule has 5 rings (SSSR count). The Hall–Kier alpha value is -3.92. The van der Waals surface area contributed by atoms with Crippen LogP contribution in [0.15, 0.2) is 97.1 Å². The smallest absolute Gasteiger partial charge is 0.0975 e. The van der Waals surface area contributed by atoms with Crippen molar-refractivity contribution < 1.29 is 0 Å². The van der Waals surface area contributed by atoms with Crippen LogP contribution in [-0.4, -0.2) is 19.6 Å². The molecule has 2 heterocycles. The zero-order chi connectivity index (χ0) is 20.3. The van der Waals surface area contributed by atoms with Crippen molar-refractivity contribution in [1.82, 2.24) is 19.6 Å². The fraction of sp³-hybridized carbons (Fsp3) is 0.0769. The summed E-state index contributed by atoms with van der Waals surface area (Å²) in [5, 5.41) is 9.62. The number of aromatic nitrogens is 4. The largest absolute Gasteiger partial charge is 0.258 e. The molecule has 0 bridgehead atoms. The molecular formula is C26H21N4. The Kier molecular flexibility index (Phi) is 4.74. The summed E-state index contributed by atoms with van der Waals surface area (Å²) < 4.78 is 3.86. The first-order valence-electron chi connectivity index (χ1n) is 10.00. The van der Waals surface area contributed by atoms with Gasteiger partial charge in [0.05, 0.1) is 41.1 Å². The Morgan fingerprint density at radius 2 is 1.40 bits per heavy atom. The Labute approximate surface area is 176 Å². The number of aryl methyl sites for hydroxylation is 1. The Balaban J connectivity index is 1.58. The molecule has 0 aliphatic heterocycles. The summed E-state index contributed by atoms with van der Waals surface area (Å²) in [7, 11) is 0. The van der Waals surface area contributed by atoms with Gasteiger partial charge in [-0.15, -0.1) is 0 Å². The molecule has 5 aromatic rings. The second-order valence-corrected chi connectivity index (χ2v) is 7.24. The van der Waals surface area contributed by atoms with E-state index in [9.17, 15) is 0 Å². The van der Waals surface area contributed by atoms with E-state index in [1.165, 1.54) is 5.56 Å². The minimum Gasteiger partial charge on any atom is -0.258 e. The highest BCUT2D eigenvalue weighted by Gasteiger charge is 2.17. The second-order valence-electron chi connectivity index (χ2n) is 7.24. The third kappa shape index (κ3) is 3.55. The normalized spacial score (nSPS) is 11.0. The van der Waals surface area contributed by atoms with Gasteiger partial charge in [0, 0.05) is 5.56 Å². The summed E-state index contributed by atoms with van der Waals surface area (Å²) in [5.41, 5.74) is 7.10. The molecule has 0 saturated carbocycles. The van der Waals surface area contributed by atoms with Crippen LogP contribution in [0.5, 0.6) is 0 Å². The number of hydrogen-bond donors (Lipinski definition) is 0. The van der Waals surface area contributed by atoms with E-state index >= 15 is 0 Å². The zero-order valence-corrected chi connectivity index (χ0v) is 16.7. The molecule has 0 fully saturated rings. The van der Waals surface area contributed by atoms with E-state index in [4.69, 9.17) is 5.10 Å². The molecule has 4 heteroatoms. The van der Waals surface area contributed by atoms with Gasteiger partial charge in [-0.3, -0.25) is 4.68 Å². The molecule has 0 unspecified atom stereocenters. The fourth-order valence-corrected chi connectivity index (χ4v) is 3.62. The summed E-state index contributed by atoms with van der Waals surface area (Å²) in [4.78, 5) is 0. The van der Waals surface area contributed by atoms with Gasteiger partial charge in [-0.25, -0.2) is 4.68 Å². The number of benzene rings is 3. The predicted octanol–water partition coefficient (Wildman–Crippen LogP) is 5.56. The molecule has 145 valence electrons. The summed E-state index contributed by atoms with van der Waals surface area (Å²) >= 11 is 0. The first-order valence-corrected chi connectivity index (χ1v) is 10.00. The molecule has 0 N–H and O–H groups in total. The van der Waals surface area contributed by atoms with Crippen molar-refractivity contribution in [3.05, 3.63) is 115 Å². The van der Waals surface area contributed by atoms with Crippen molar-refractivity contribution in [2.45, 2.75) is 13.5 Å². The maximum atomic E-state index is 4.94. The van der Waals surface area contributed by atoms with E-state index in [0.29, 0.717) is 6.54 Å². The van der Waals surface area contributed by atoms with Crippen LogP contribution in [-0.2, 0) is 6.54 Å². The van der Waals surface area contributed by atoms with Crippen LogP contribution in [0.3, 0.4) is 0 Å². The van der Waals surface area contributed by atoms with Gasteiger partial charge in [0.25, 0.3) is 0 Å². The lowest BCUT2D eigenvalue weighted by Gasteiger charge is -2.07. The first-order chi connectivity index (χ1) is 14.8. The molecule has 4 nitrogen and oxygen atoms in total. The molecule has 3 aromatic carbocycles. The van der Waals surface area contributed by atoms with Crippen molar-refractivity contribution >= 4 is 0 Å². The summed E-state index contributed by atoms with van der Waals surface area (Å²) in [6.07, 6.45) is 3.42. The van der Waals surface area contributed by atoms with E-state index in [2.05, 4.69) is 53.8 Å². The van der Waals surface area contributed by atoms with Gasteiger partial charge in [0.1, 0.15) is 0 Å². The minimum atomic E-state index is 0.687. The number of hydrogen-bond acceptors (Lipinski definition) is 2. The SMILES string of the molecule is Cc1nn(Cc2ccccc2)[c]c1-c1cc(-c2ccccc2)n(-c2ccccc2)n1. The van der Waals surface area contributed by atoms with Crippen LogP contribution < -0.4 is 0 Å². The fourth-order valence-electron chi connectivity index (χ4n) is 3.62. The van der Waals surface area contributed by atoms with Crippen molar-refractivity contribution in [3.8, 4) is 28.2 Å². The average molecular weight is 389 g/mol. The molecule has 1 radical (unpaired) electrons. The molecule has 0 aliphatic carbocycles. The summed E-state index contributed by atoms with van der Waals surface area (Å²) in [6, 6.07) is 33.0. The third-order valence-corrected chi connectivity index (χ3v) is 5.08. The van der Waals surface area contributed by atoms with Gasteiger partial charge < -0.3 is 0 Å². The molecular weight excluding hydrogens is 368 g/mol. The highest BCUT2D eigenvalue weighted by Crippen LogP contribution is 2.29. The Bertz CT molecular complexity index is 1200. The lowest BCUT2D eigenvalue weighted by atomic mass is 10.1. The van der Waals surface area contributed by atoms with Crippen LogP contribution in [0.2, 0.25) is 0 Å². The molecule has 0 atom stereocenters. The van der Waals surface area contributed by atoms with Crippen LogP contribution in [0, 0.1) is 13.1 Å². The molecule has 0 aliphatic rings. The Morgan fingerprint density at radius 1 is 0.767 bits per heavy atom. The Morgan fingerprint density at radius 3 is 2.10 bits per heavy atom. The third-order valence-electron chi connectivity index (χ3n) is 5.08. The predicted molar refractivity (Wildman–Crippen MR) is 119 cm³/mol. The van der Waals surface area contributed by atoms with Crippen LogP contribution in [0.25, 0.3) is 28.2 Å². The van der Waals surface area contributed by atoms with Gasteiger partial charge in [0.2, 0.25) is 0 Å². The lowest BCUT2D eigenvalue weighted by Crippen LogP contribution is -2.00. The highest BCUT2D eigenvalue weighted by molar-refractivity contribution is 5.71. The van der Waals surface area contributed by atoms with Crippen LogP contribution >= 0.6 is 0 Å². The van der Waals surface area contributed by atoms with Crippen molar-refractivity contribution in [2.75, 3.05) is 0 Å². The topological polar surface area (TPSA) is 35.6 Å². The zero-order valence-electron chi connectivity index (χ0n) is 16.7. The first kappa shape index (κ1) is 18.1. The molecule has 0 spiro atoms. The van der Waals surface area contributed by atoms with Crippen LogP contribution in [0.4, 0.5) is 0 Å². The standard InChI is InChI=1S/C26H21N4/c1-20-24(19-29(27-20)18-21-11-5-2-6-12-21)25-17-26(22-13-7-3-8-14-22)30(28-25)23-15-9-4-10-16-23/h2-17H,18H2,1H3. The van der Waals surface area contributed by atoms with Crippen molar-refractivity contribution in [1.29, 1.82) is 0 Å². The van der Waals surface area contributed by atoms with E-state index in [-0.39, 0.29) is 0 Å². The van der Waals surface area contributed by atoms with E-state index in [0.717, 1.165) is 33.9 Å². The summed E-state index contributed by atoms with van der Waals surface area (Å²) in [5.74, 6) is 0. The maximum Gasteiger partial charge on any atom is 0.0975 e. The monoisotopic (exact) mass is 389 g/mol. The van der Waals surface area contributed by atoms with Gasteiger partial charge in [-0.2, -0.15) is 10.2 Å².